The van der Waals surface area contributed by atoms with Crippen molar-refractivity contribution in [3.05, 3.63) is 5.82 Å². The Bertz CT molecular complexity index is 296. The lowest BCUT2D eigenvalue weighted by atomic mass is 9.81. The van der Waals surface area contributed by atoms with Gasteiger partial charge in [0.1, 0.15) is 0 Å². The van der Waals surface area contributed by atoms with E-state index in [-0.39, 0.29) is 5.38 Å². The van der Waals surface area contributed by atoms with Crippen molar-refractivity contribution in [2.75, 3.05) is 0 Å². The zero-order valence-electron chi connectivity index (χ0n) is 7.81. The smallest absolute Gasteiger partial charge is 0.169 e. The Kier molecular flexibility index (Phi) is 2.24. The van der Waals surface area contributed by atoms with Gasteiger partial charge in [0.25, 0.3) is 0 Å². The Morgan fingerprint density at radius 3 is 2.77 bits per heavy atom. The SMILES string of the molecule is CC(Cl)c1nnnn1C1CCC1C. The fourth-order valence-electron chi connectivity index (χ4n) is 1.71. The molecule has 13 heavy (non-hydrogen) atoms. The highest BCUT2D eigenvalue weighted by atomic mass is 35.5. The van der Waals surface area contributed by atoms with Crippen LogP contribution in [0, 0.1) is 5.92 Å². The standard InChI is InChI=1S/C8H13ClN4/c1-5-3-4-7(5)13-8(6(2)9)10-11-12-13/h5-7H,3-4H2,1-2H3. The maximum Gasteiger partial charge on any atom is 0.169 e. The number of rotatable bonds is 2. The third-order valence-corrected chi connectivity index (χ3v) is 2.96. The van der Waals surface area contributed by atoms with Crippen molar-refractivity contribution in [2.45, 2.75) is 38.1 Å². The molecule has 0 bridgehead atoms. The fraction of sp³-hybridized carbons (Fsp3) is 0.875. The molecule has 0 radical (unpaired) electrons. The van der Waals surface area contributed by atoms with Crippen molar-refractivity contribution in [1.82, 2.24) is 20.2 Å². The maximum absolute atomic E-state index is 5.96. The van der Waals surface area contributed by atoms with Crippen molar-refractivity contribution in [3.63, 3.8) is 0 Å². The van der Waals surface area contributed by atoms with Crippen molar-refractivity contribution >= 4 is 11.6 Å². The van der Waals surface area contributed by atoms with Gasteiger partial charge in [-0.05, 0) is 36.1 Å². The highest BCUT2D eigenvalue weighted by Gasteiger charge is 2.32. The van der Waals surface area contributed by atoms with Crippen LogP contribution >= 0.6 is 11.6 Å². The Labute approximate surface area is 82.3 Å². The predicted molar refractivity (Wildman–Crippen MR) is 49.5 cm³/mol. The van der Waals surface area contributed by atoms with E-state index in [2.05, 4.69) is 22.4 Å². The van der Waals surface area contributed by atoms with Gasteiger partial charge in [0.15, 0.2) is 5.82 Å². The van der Waals surface area contributed by atoms with Gasteiger partial charge >= 0.3 is 0 Å². The molecule has 1 aromatic heterocycles. The molecule has 5 heteroatoms. The molecule has 4 nitrogen and oxygen atoms in total. The first kappa shape index (κ1) is 8.94. The second kappa shape index (κ2) is 3.25. The number of alkyl halides is 1. The van der Waals surface area contributed by atoms with E-state index >= 15 is 0 Å². The van der Waals surface area contributed by atoms with Gasteiger partial charge in [-0.3, -0.25) is 0 Å². The summed E-state index contributed by atoms with van der Waals surface area (Å²) in [5.41, 5.74) is 0. The van der Waals surface area contributed by atoms with E-state index in [4.69, 9.17) is 11.6 Å². The molecular weight excluding hydrogens is 188 g/mol. The van der Waals surface area contributed by atoms with Gasteiger partial charge in [0.05, 0.1) is 11.4 Å². The van der Waals surface area contributed by atoms with Crippen molar-refractivity contribution < 1.29 is 0 Å². The molecule has 3 atom stereocenters. The van der Waals surface area contributed by atoms with Gasteiger partial charge in [0.2, 0.25) is 0 Å². The first-order valence-corrected chi connectivity index (χ1v) is 5.05. The van der Waals surface area contributed by atoms with E-state index in [1.807, 2.05) is 11.6 Å². The number of tetrazole rings is 1. The number of aromatic nitrogens is 4. The van der Waals surface area contributed by atoms with Gasteiger partial charge < -0.3 is 0 Å². The van der Waals surface area contributed by atoms with E-state index < -0.39 is 0 Å². The lowest BCUT2D eigenvalue weighted by molar-refractivity contribution is 0.178. The Balaban J connectivity index is 2.24. The largest absolute Gasteiger partial charge is 0.225 e. The molecule has 1 saturated carbocycles. The van der Waals surface area contributed by atoms with Gasteiger partial charge in [-0.1, -0.05) is 6.92 Å². The van der Waals surface area contributed by atoms with E-state index in [9.17, 15) is 0 Å². The average molecular weight is 201 g/mol. The fourth-order valence-corrected chi connectivity index (χ4v) is 1.85. The second-order valence-corrected chi connectivity index (χ2v) is 4.37. The highest BCUT2D eigenvalue weighted by molar-refractivity contribution is 6.20. The van der Waals surface area contributed by atoms with Crippen LogP contribution in [-0.2, 0) is 0 Å². The van der Waals surface area contributed by atoms with E-state index in [1.54, 1.807) is 0 Å². The summed E-state index contributed by atoms with van der Waals surface area (Å²) >= 11 is 5.96. The molecule has 2 rings (SSSR count). The molecule has 0 aliphatic heterocycles. The molecule has 0 saturated heterocycles. The summed E-state index contributed by atoms with van der Waals surface area (Å²) < 4.78 is 1.88. The lowest BCUT2D eigenvalue weighted by Crippen LogP contribution is -2.29. The number of hydrogen-bond acceptors (Lipinski definition) is 3. The molecule has 1 aliphatic carbocycles. The molecule has 1 fully saturated rings. The summed E-state index contributed by atoms with van der Waals surface area (Å²) in [7, 11) is 0. The minimum atomic E-state index is -0.109. The van der Waals surface area contributed by atoms with Crippen LogP contribution in [0.1, 0.15) is 43.9 Å². The summed E-state index contributed by atoms with van der Waals surface area (Å²) in [6, 6.07) is 0.464. The molecule has 0 aromatic carbocycles. The summed E-state index contributed by atoms with van der Waals surface area (Å²) in [4.78, 5) is 0. The molecule has 0 amide bonds. The number of nitrogens with zero attached hydrogens (tertiary/aromatic N) is 4. The molecule has 1 aliphatic rings. The summed E-state index contributed by atoms with van der Waals surface area (Å²) in [5.74, 6) is 1.47. The topological polar surface area (TPSA) is 43.6 Å². The van der Waals surface area contributed by atoms with Gasteiger partial charge in [0, 0.05) is 0 Å². The third-order valence-electron chi connectivity index (χ3n) is 2.76. The van der Waals surface area contributed by atoms with E-state index in [1.165, 1.54) is 12.8 Å². The number of halogens is 1. The molecule has 0 spiro atoms. The molecule has 3 unspecified atom stereocenters. The molecule has 72 valence electrons. The Hall–Kier alpha value is -0.640. The van der Waals surface area contributed by atoms with Crippen LogP contribution in [0.4, 0.5) is 0 Å². The lowest BCUT2D eigenvalue weighted by Gasteiger charge is -2.34. The van der Waals surface area contributed by atoms with Crippen LogP contribution < -0.4 is 0 Å². The normalized spacial score (nSPS) is 29.8. The van der Waals surface area contributed by atoms with E-state index in [0.29, 0.717) is 12.0 Å². The minimum absolute atomic E-state index is 0.109. The predicted octanol–water partition coefficient (Wildman–Crippen LogP) is 1.94. The summed E-state index contributed by atoms with van der Waals surface area (Å²) in [6.45, 7) is 4.12. The van der Waals surface area contributed by atoms with Crippen molar-refractivity contribution in [3.8, 4) is 0 Å². The molecule has 1 heterocycles. The van der Waals surface area contributed by atoms with Crippen LogP contribution in [0.2, 0.25) is 0 Å². The van der Waals surface area contributed by atoms with E-state index in [0.717, 1.165) is 5.82 Å². The first-order valence-electron chi connectivity index (χ1n) is 4.62. The second-order valence-electron chi connectivity index (χ2n) is 3.72. The summed E-state index contributed by atoms with van der Waals surface area (Å²) in [5, 5.41) is 11.5. The van der Waals surface area contributed by atoms with Gasteiger partial charge in [-0.2, -0.15) is 0 Å². The Morgan fingerprint density at radius 1 is 1.54 bits per heavy atom. The zero-order chi connectivity index (χ0) is 9.42. The molecule has 0 N–H and O–H groups in total. The quantitative estimate of drug-likeness (QED) is 0.686. The molecule has 1 aromatic rings. The third kappa shape index (κ3) is 1.43. The highest BCUT2D eigenvalue weighted by Crippen LogP contribution is 2.38. The van der Waals surface area contributed by atoms with Crippen molar-refractivity contribution in [1.29, 1.82) is 0 Å². The number of hydrogen-bond donors (Lipinski definition) is 0. The average Bonchev–Trinajstić information content (AvgIpc) is 2.50. The van der Waals surface area contributed by atoms with Crippen LogP contribution in [0.15, 0.2) is 0 Å². The van der Waals surface area contributed by atoms with Crippen LogP contribution in [0.5, 0.6) is 0 Å². The van der Waals surface area contributed by atoms with Crippen molar-refractivity contribution in [2.24, 2.45) is 5.92 Å². The van der Waals surface area contributed by atoms with Crippen LogP contribution in [0.25, 0.3) is 0 Å². The monoisotopic (exact) mass is 200 g/mol. The zero-order valence-corrected chi connectivity index (χ0v) is 8.57. The summed E-state index contributed by atoms with van der Waals surface area (Å²) in [6.07, 6.45) is 2.43. The molecular formula is C8H13ClN4. The first-order chi connectivity index (χ1) is 6.20. The minimum Gasteiger partial charge on any atom is -0.225 e. The van der Waals surface area contributed by atoms with Gasteiger partial charge in [-0.25, -0.2) is 4.68 Å². The van der Waals surface area contributed by atoms with Crippen LogP contribution in [-0.4, -0.2) is 20.2 Å². The maximum atomic E-state index is 5.96. The Morgan fingerprint density at radius 2 is 2.31 bits per heavy atom. The van der Waals surface area contributed by atoms with Crippen LogP contribution in [0.3, 0.4) is 0 Å². The van der Waals surface area contributed by atoms with Gasteiger partial charge in [-0.15, -0.1) is 16.7 Å².